The van der Waals surface area contributed by atoms with E-state index in [9.17, 15) is 95.6 Å². The van der Waals surface area contributed by atoms with Gasteiger partial charge in [-0.1, -0.05) is 200 Å². The van der Waals surface area contributed by atoms with Crippen LogP contribution in [0.25, 0.3) is 44.5 Å². The van der Waals surface area contributed by atoms with Crippen LogP contribution in [0.15, 0.2) is 170 Å². The zero-order valence-corrected chi connectivity index (χ0v) is 82.2. The number of Topliss-reactive ketones (excluding diaryl/α,β-unsaturated/α-hetero) is 7. The first kappa shape index (κ1) is 113. The van der Waals surface area contributed by atoms with Gasteiger partial charge in [0.1, 0.15) is 59.2 Å². The largest absolute Gasteiger partial charge is 0.514 e. The van der Waals surface area contributed by atoms with Crippen LogP contribution in [0.1, 0.15) is 222 Å². The van der Waals surface area contributed by atoms with Crippen LogP contribution in [0.2, 0.25) is 10.0 Å². The highest BCUT2D eigenvalue weighted by molar-refractivity contribution is 6.31. The van der Waals surface area contributed by atoms with Crippen molar-refractivity contribution in [3.05, 3.63) is 219 Å². The highest BCUT2D eigenvalue weighted by Gasteiger charge is 2.46. The second-order valence-electron chi connectivity index (χ2n) is 37.2. The molecule has 32 heteroatoms. The molecule has 4 aliphatic heterocycles. The topological polar surface area (TPSA) is 412 Å². The first-order valence-corrected chi connectivity index (χ1v) is 47.2. The zero-order valence-electron chi connectivity index (χ0n) is 80.7. The predicted octanol–water partition coefficient (Wildman–Crippen LogP) is 18.9. The summed E-state index contributed by atoms with van der Waals surface area (Å²) in [5, 5.41) is 41.6. The van der Waals surface area contributed by atoms with E-state index >= 15 is 0 Å². The van der Waals surface area contributed by atoms with E-state index in [1.165, 1.54) is 68.1 Å². The number of likely N-dealkylation sites (N-methyl/N-ethyl adjacent to an activating group) is 2. The van der Waals surface area contributed by atoms with E-state index in [1.54, 1.807) is 126 Å². The Morgan fingerprint density at radius 1 is 0.543 bits per heavy atom. The molecule has 8 N–H and O–H groups in total. The van der Waals surface area contributed by atoms with E-state index in [2.05, 4.69) is 16.0 Å². The van der Waals surface area contributed by atoms with Crippen molar-refractivity contribution >= 4 is 105 Å². The number of ketones is 7. The number of nitrogens with one attached hydrogen (secondary N) is 3. The van der Waals surface area contributed by atoms with Gasteiger partial charge < -0.3 is 65.8 Å². The number of carbonyl (C=O) groups excluding carboxylic acids is 13. The Morgan fingerprint density at radius 3 is 1.35 bits per heavy atom. The minimum Gasteiger partial charge on any atom is -0.507 e. The lowest BCUT2D eigenvalue weighted by Gasteiger charge is -2.32. The normalized spacial score (nSPS) is 19.5. The maximum Gasteiger partial charge on any atom is 0.514 e. The van der Waals surface area contributed by atoms with Crippen molar-refractivity contribution in [3.8, 4) is 61.8 Å². The number of phenolic OH excluding ortho intramolecular Hbond substituents is 2. The number of nitrogens with zero attached hydrogens (tertiary/aromatic N) is 2. The number of ether oxygens (including phenoxy) is 4. The molecule has 140 heavy (non-hydrogen) atoms. The smallest absolute Gasteiger partial charge is 0.507 e. The van der Waals surface area contributed by atoms with Crippen molar-refractivity contribution in [3.63, 3.8) is 0 Å². The molecular weight excluding hydrogens is 1850 g/mol. The fraction of sp³-hybridized carbons (Fsp3) is 0.426. The van der Waals surface area contributed by atoms with Crippen LogP contribution >= 0.6 is 23.2 Å². The summed E-state index contributed by atoms with van der Waals surface area (Å²) in [6, 6.07) is 42.1. The molecule has 27 nitrogen and oxygen atoms in total. The summed E-state index contributed by atoms with van der Waals surface area (Å²) in [5.74, 6) is -11.0. The predicted molar refractivity (Wildman–Crippen MR) is 526 cm³/mol. The molecule has 0 radical (unpaired) electrons. The van der Waals surface area contributed by atoms with Crippen molar-refractivity contribution in [1.29, 1.82) is 0 Å². The van der Waals surface area contributed by atoms with Gasteiger partial charge in [0.25, 0.3) is 0 Å². The van der Waals surface area contributed by atoms with Crippen molar-refractivity contribution in [1.82, 2.24) is 25.8 Å². The number of benzene rings is 8. The third-order valence-corrected chi connectivity index (χ3v) is 25.0. The van der Waals surface area contributed by atoms with E-state index in [-0.39, 0.29) is 122 Å². The Kier molecular flexibility index (Phi) is 40.6. The molecular formula is C108H127Cl2F3N6O21. The summed E-state index contributed by atoms with van der Waals surface area (Å²) >= 11 is 12.1. The van der Waals surface area contributed by atoms with Gasteiger partial charge in [-0.25, -0.2) is 9.59 Å². The number of rotatable bonds is 28. The molecule has 4 aliphatic rings. The standard InChI is InChI=1S/C49H55ClN2O9.C48H53ClN4O9.C7H12O2.C3H3F3O.CH4/c1-8-9-10-11-36(28-41(53)34-16-14-32(15-17-34)33-18-21-37(50)22-19-33)46(56)52(7)44-35-20-23-43(60-48(59)61-49(4,5)6)39(27-35)38-25-31(13-12-29(38)2)26-40(47(57)58)51-45(55)30(3)24-42(44)54;1-26-21-42(57)43(53(4)48(61)34(7-5-6-20-50)25-41(56)32-11-9-30(10-12-32)31-13-16-35(49)17-14-31)33-15-19-40(55)37(24-33)36-22-29(8-18-39(36)54)23-38(52-46(26)59)47(60)51-27(2)44(58)45-28(3)62-45;1-4(2)6(8)7-5(3)9-7;1-2(7)3(4,5)6;/h12-23,25,27,30,36,40,44H,8-11,24,26,28H2,1-7H3,(H,51,55)(H,57,58);8-19,22,24,26-28,34,38,43,45,54-55H,5-7,20-21,23,25,50H2,1-4H3,(H,51,60)(H,52,59);4-5,7H,1-3H3;1H3;1H4/t30-,36-,40+,44+;26-,27+,28?,34-,38+,43+,45?;;;/m11.../s1. The molecule has 8 aromatic rings. The number of unbranched alkanes of at least 4 members (excludes halogenated alkanes) is 3. The maximum atomic E-state index is 14.8. The molecule has 0 aliphatic carbocycles. The Labute approximate surface area is 824 Å². The lowest BCUT2D eigenvalue weighted by molar-refractivity contribution is -0.168. The summed E-state index contributed by atoms with van der Waals surface area (Å²) in [5.41, 5.74) is 13.3. The lowest BCUT2D eigenvalue weighted by atomic mass is 9.87. The highest BCUT2D eigenvalue weighted by atomic mass is 35.5. The third kappa shape index (κ3) is 31.4. The van der Waals surface area contributed by atoms with Crippen molar-refractivity contribution in [2.24, 2.45) is 35.3 Å². The van der Waals surface area contributed by atoms with Crippen LogP contribution in [-0.2, 0) is 79.8 Å². The number of phenols is 2. The number of hydrogen-bond donors (Lipinski definition) is 7. The molecule has 0 saturated carbocycles. The molecule has 5 amide bonds. The number of carboxylic acids is 1. The number of aromatic hydroxyl groups is 2. The minimum absolute atomic E-state index is 0. The van der Waals surface area contributed by atoms with Crippen LogP contribution in [0.4, 0.5) is 18.0 Å². The van der Waals surface area contributed by atoms with Crippen LogP contribution in [0.5, 0.6) is 17.2 Å². The maximum absolute atomic E-state index is 14.8. The number of amides is 5. The summed E-state index contributed by atoms with van der Waals surface area (Å²) in [7, 11) is 3.00. The number of aliphatic carboxylic acids is 1. The number of aryl methyl sites for hydroxylation is 1. The summed E-state index contributed by atoms with van der Waals surface area (Å²) in [4.78, 5) is 189. The molecule has 0 spiro atoms. The number of nitrogens with two attached hydrogens (primary N) is 1. The Hall–Kier alpha value is -12.6. The quantitative estimate of drug-likeness (QED) is 0.00787. The lowest BCUT2D eigenvalue weighted by Crippen LogP contribution is -2.53. The first-order valence-electron chi connectivity index (χ1n) is 46.4. The van der Waals surface area contributed by atoms with Crippen LogP contribution in [-0.4, -0.2) is 182 Å². The second kappa shape index (κ2) is 50.5. The van der Waals surface area contributed by atoms with E-state index in [0.29, 0.717) is 100 Å². The minimum atomic E-state index is -4.64. The van der Waals surface area contributed by atoms with Gasteiger partial charge in [-0.3, -0.25) is 57.5 Å². The number of hydrogen-bond acceptors (Lipinski definition) is 21. The van der Waals surface area contributed by atoms with E-state index in [1.807, 2.05) is 83.1 Å². The van der Waals surface area contributed by atoms with Crippen LogP contribution < -0.4 is 26.4 Å². The number of epoxide rings is 2. The molecule has 0 aromatic heterocycles. The SMILES string of the molecule is C.CC(=O)C(F)(F)F.CC(C)C(=O)C1OC1C.CC1OC1C(=O)[C@H](C)NC(=O)[C@@H]1Cc2ccc(O)c(c2)-c2cc(ccc2O)[C@H](N(C)C(=O)[C@H](CCCCN)CC(=O)c2ccc(-c3ccc(Cl)cc3)cc2)C(=O)C[C@@H](C)C(=O)N1.CCCCC[C@H](CC(=O)c1ccc(-c2ccc(Cl)cc2)cc1)C(=O)N(C)[C@@H]1C(=O)C[C@@H](C)C(=O)N[C@H](C(=O)O)Cc2ccc(C)c(c2)-c2cc1ccc2OC(=O)OC(C)(C)C. The van der Waals surface area contributed by atoms with Crippen LogP contribution in [0.3, 0.4) is 0 Å². The zero-order chi connectivity index (χ0) is 103. The Morgan fingerprint density at radius 2 is 0.936 bits per heavy atom. The fourth-order valence-electron chi connectivity index (χ4n) is 16.3. The summed E-state index contributed by atoms with van der Waals surface area (Å²) in [6.07, 6.45) is -3.11. The monoisotopic (exact) mass is 1970 g/mol. The first-order chi connectivity index (χ1) is 65.5. The van der Waals surface area contributed by atoms with Crippen molar-refractivity contribution in [2.75, 3.05) is 20.6 Å². The van der Waals surface area contributed by atoms with Crippen molar-refractivity contribution in [2.45, 2.75) is 247 Å². The number of halogens is 5. The summed E-state index contributed by atoms with van der Waals surface area (Å²) in [6.45, 7) is 22.0. The molecule has 750 valence electrons. The summed E-state index contributed by atoms with van der Waals surface area (Å²) < 4.78 is 54.0. The van der Waals surface area contributed by atoms with Gasteiger partial charge in [0.15, 0.2) is 34.7 Å². The molecule has 8 aromatic carbocycles. The Balaban J connectivity index is 0.000000293. The molecule has 4 heterocycles. The third-order valence-electron chi connectivity index (χ3n) is 24.5. The number of fused-ring (bicyclic) bond motifs is 10. The highest BCUT2D eigenvalue weighted by Crippen LogP contribution is 2.43. The van der Waals surface area contributed by atoms with Gasteiger partial charge in [-0.05, 0) is 191 Å². The van der Waals surface area contributed by atoms with Gasteiger partial charge in [-0.2, -0.15) is 13.2 Å². The van der Waals surface area contributed by atoms with Crippen LogP contribution in [0, 0.1) is 36.5 Å². The molecule has 8 bridgehead atoms. The number of carboxylic acid groups (broad SMARTS) is 1. The second-order valence-corrected chi connectivity index (χ2v) is 38.1. The Bertz CT molecular complexity index is 5810. The fourth-order valence-corrected chi connectivity index (χ4v) is 16.6. The van der Waals surface area contributed by atoms with Gasteiger partial charge in [0.2, 0.25) is 35.3 Å². The van der Waals surface area contributed by atoms with Gasteiger partial charge in [-0.15, -0.1) is 0 Å². The molecule has 13 atom stereocenters. The average molecular weight is 1970 g/mol. The van der Waals surface area contributed by atoms with Crippen molar-refractivity contribution < 1.29 is 115 Å². The van der Waals surface area contributed by atoms with Gasteiger partial charge in [0, 0.05) is 127 Å². The van der Waals surface area contributed by atoms with E-state index in [0.717, 1.165) is 40.7 Å². The molecule has 2 saturated heterocycles. The van der Waals surface area contributed by atoms with Gasteiger partial charge >= 0.3 is 18.3 Å². The molecule has 4 unspecified atom stereocenters. The van der Waals surface area contributed by atoms with E-state index in [4.69, 9.17) is 47.9 Å². The number of alkyl halides is 3. The average Bonchev–Trinajstić information content (AvgIpc) is 1.52. The molecule has 2 fully saturated rings. The molecule has 12 rings (SSSR count). The number of carbonyl (C=O) groups is 14. The van der Waals surface area contributed by atoms with E-state index < -0.39 is 131 Å². The van der Waals surface area contributed by atoms with Gasteiger partial charge in [0.05, 0.1) is 18.2 Å².